The smallest absolute Gasteiger partial charge is 0.217 e. The van der Waals surface area contributed by atoms with Crippen molar-refractivity contribution in [2.75, 3.05) is 5.43 Å². The average Bonchev–Trinajstić information content (AvgIpc) is 2.99. The van der Waals surface area contributed by atoms with E-state index in [1.165, 1.54) is 4.68 Å². The molecule has 2 N–H and O–H groups in total. The summed E-state index contributed by atoms with van der Waals surface area (Å²) in [6, 6.07) is 16.9. The molecule has 0 saturated heterocycles. The van der Waals surface area contributed by atoms with Crippen molar-refractivity contribution in [3.05, 3.63) is 54.6 Å². The van der Waals surface area contributed by atoms with E-state index in [4.69, 9.17) is 0 Å². The first-order valence-electron chi connectivity index (χ1n) is 6.68. The second-order valence-electron chi connectivity index (χ2n) is 4.59. The number of nitrogens with zero attached hydrogens (tertiary/aromatic N) is 5. The molecule has 3 rings (SSSR count). The van der Waals surface area contributed by atoms with E-state index in [0.717, 1.165) is 11.2 Å². The maximum Gasteiger partial charge on any atom is 0.217 e. The number of anilines is 1. The first-order valence-corrected chi connectivity index (χ1v) is 6.68. The second-order valence-corrected chi connectivity index (χ2v) is 4.59. The van der Waals surface area contributed by atoms with Crippen molar-refractivity contribution < 1.29 is 5.21 Å². The summed E-state index contributed by atoms with van der Waals surface area (Å²) < 4.78 is 1.45. The number of para-hydroxylation sites is 2. The molecule has 0 atom stereocenters. The molecule has 0 bridgehead atoms. The lowest BCUT2D eigenvalue weighted by Gasteiger charge is -2.05. The molecule has 0 aliphatic rings. The van der Waals surface area contributed by atoms with Crippen LogP contribution in [-0.2, 0) is 0 Å². The zero-order valence-electron chi connectivity index (χ0n) is 11.9. The molecule has 110 valence electrons. The molecule has 0 radical (unpaired) electrons. The second kappa shape index (κ2) is 6.04. The molecule has 1 heterocycles. The zero-order valence-corrected chi connectivity index (χ0v) is 11.9. The molecule has 2 aromatic carbocycles. The molecule has 7 nitrogen and oxygen atoms in total. The van der Waals surface area contributed by atoms with Crippen molar-refractivity contribution in [3.63, 3.8) is 0 Å². The molecule has 0 aliphatic carbocycles. The summed E-state index contributed by atoms with van der Waals surface area (Å²) in [6.07, 6.45) is 0. The standard InChI is InChI=1S/C15H14N6O/c1-11(16-17-12-7-3-2-4-8-12)15(19-22)21-14-10-6-5-9-13(14)18-20-21/h2-10,17,22H,1H3/b16-11+,19-15+. The van der Waals surface area contributed by atoms with Crippen molar-refractivity contribution in [1.82, 2.24) is 15.0 Å². The molecule has 7 heteroatoms. The predicted octanol–water partition coefficient (Wildman–Crippen LogP) is 2.56. The fourth-order valence-electron chi connectivity index (χ4n) is 2.00. The lowest BCUT2D eigenvalue weighted by molar-refractivity contribution is 0.317. The fourth-order valence-corrected chi connectivity index (χ4v) is 2.00. The van der Waals surface area contributed by atoms with Gasteiger partial charge in [-0.1, -0.05) is 40.7 Å². The van der Waals surface area contributed by atoms with Crippen LogP contribution in [0.15, 0.2) is 64.9 Å². The molecule has 3 aromatic rings. The minimum Gasteiger partial charge on any atom is -0.409 e. The van der Waals surface area contributed by atoms with E-state index in [0.29, 0.717) is 11.2 Å². The van der Waals surface area contributed by atoms with Crippen LogP contribution in [0.2, 0.25) is 0 Å². The van der Waals surface area contributed by atoms with Gasteiger partial charge in [-0.05, 0) is 31.2 Å². The van der Waals surface area contributed by atoms with Crippen LogP contribution in [0, 0.1) is 0 Å². The van der Waals surface area contributed by atoms with Gasteiger partial charge in [-0.15, -0.1) is 5.10 Å². The Morgan fingerprint density at radius 2 is 1.82 bits per heavy atom. The maximum absolute atomic E-state index is 9.32. The molecule has 0 aliphatic heterocycles. The minimum atomic E-state index is 0.206. The highest BCUT2D eigenvalue weighted by Gasteiger charge is 2.13. The molecule has 0 saturated carbocycles. The van der Waals surface area contributed by atoms with Gasteiger partial charge in [0, 0.05) is 0 Å². The van der Waals surface area contributed by atoms with Crippen molar-refractivity contribution in [2.45, 2.75) is 6.92 Å². The monoisotopic (exact) mass is 294 g/mol. The van der Waals surface area contributed by atoms with Gasteiger partial charge in [-0.25, -0.2) is 0 Å². The van der Waals surface area contributed by atoms with Crippen molar-refractivity contribution in [3.8, 4) is 0 Å². The number of benzene rings is 2. The molecule has 0 unspecified atom stereocenters. The Labute approximate surface area is 126 Å². The summed E-state index contributed by atoms with van der Waals surface area (Å²) in [6.45, 7) is 1.72. The number of rotatable bonds is 3. The van der Waals surface area contributed by atoms with E-state index < -0.39 is 0 Å². The molecule has 0 fully saturated rings. The Morgan fingerprint density at radius 3 is 2.59 bits per heavy atom. The SMILES string of the molecule is CC(=N\Nc1ccccc1)/C(=N\O)n1nnc2ccccc21. The number of nitrogens with one attached hydrogen (secondary N) is 1. The van der Waals surface area contributed by atoms with E-state index in [1.807, 2.05) is 54.6 Å². The van der Waals surface area contributed by atoms with Crippen molar-refractivity contribution in [1.29, 1.82) is 0 Å². The van der Waals surface area contributed by atoms with Gasteiger partial charge in [0.05, 0.1) is 11.2 Å². The first kappa shape index (κ1) is 13.7. The Bertz CT molecular complexity index is 837. The van der Waals surface area contributed by atoms with Crippen LogP contribution in [-0.4, -0.2) is 31.7 Å². The van der Waals surface area contributed by atoms with Crippen LogP contribution < -0.4 is 5.43 Å². The van der Waals surface area contributed by atoms with Gasteiger partial charge in [0.15, 0.2) is 0 Å². The van der Waals surface area contributed by atoms with Gasteiger partial charge in [-0.2, -0.15) is 9.78 Å². The summed E-state index contributed by atoms with van der Waals surface area (Å²) in [4.78, 5) is 0. The van der Waals surface area contributed by atoms with Gasteiger partial charge < -0.3 is 5.21 Å². The van der Waals surface area contributed by atoms with E-state index in [2.05, 4.69) is 26.0 Å². The molecular formula is C15H14N6O. The van der Waals surface area contributed by atoms with Gasteiger partial charge in [0.25, 0.3) is 0 Å². The van der Waals surface area contributed by atoms with E-state index in [9.17, 15) is 5.21 Å². The highest BCUT2D eigenvalue weighted by molar-refractivity contribution is 6.41. The van der Waals surface area contributed by atoms with Crippen LogP contribution in [0.1, 0.15) is 6.92 Å². The minimum absolute atomic E-state index is 0.206. The number of aromatic nitrogens is 3. The fraction of sp³-hybridized carbons (Fsp3) is 0.0667. The summed E-state index contributed by atoms with van der Waals surface area (Å²) in [5.41, 5.74) is 5.67. The quantitative estimate of drug-likeness (QED) is 0.336. The molecule has 0 amide bonds. The number of hydrogen-bond acceptors (Lipinski definition) is 6. The van der Waals surface area contributed by atoms with E-state index in [-0.39, 0.29) is 5.84 Å². The van der Waals surface area contributed by atoms with Gasteiger partial charge in [-0.3, -0.25) is 5.43 Å². The van der Waals surface area contributed by atoms with E-state index >= 15 is 0 Å². The molecule has 0 spiro atoms. The first-order chi connectivity index (χ1) is 10.8. The third-order valence-corrected chi connectivity index (χ3v) is 3.10. The Kier molecular flexibility index (Phi) is 3.78. The van der Waals surface area contributed by atoms with Gasteiger partial charge in [0.1, 0.15) is 11.2 Å². The van der Waals surface area contributed by atoms with Crippen LogP contribution in [0.5, 0.6) is 0 Å². The predicted molar refractivity (Wildman–Crippen MR) is 85.3 cm³/mol. The Hall–Kier alpha value is -3.22. The highest BCUT2D eigenvalue weighted by atomic mass is 16.4. The van der Waals surface area contributed by atoms with Crippen molar-refractivity contribution >= 4 is 28.3 Å². The summed E-state index contributed by atoms with van der Waals surface area (Å²) in [5, 5.41) is 24.9. The summed E-state index contributed by atoms with van der Waals surface area (Å²) in [7, 11) is 0. The van der Waals surface area contributed by atoms with Crippen LogP contribution >= 0.6 is 0 Å². The third kappa shape index (κ3) is 2.64. The number of fused-ring (bicyclic) bond motifs is 1. The van der Waals surface area contributed by atoms with Crippen LogP contribution in [0.4, 0.5) is 5.69 Å². The van der Waals surface area contributed by atoms with Crippen molar-refractivity contribution in [2.24, 2.45) is 10.3 Å². The molecular weight excluding hydrogens is 280 g/mol. The van der Waals surface area contributed by atoms with E-state index in [1.54, 1.807) is 6.92 Å². The Balaban J connectivity index is 1.91. The lowest BCUT2D eigenvalue weighted by atomic mass is 10.3. The summed E-state index contributed by atoms with van der Waals surface area (Å²) in [5.74, 6) is 0.206. The topological polar surface area (TPSA) is 87.7 Å². The highest BCUT2D eigenvalue weighted by Crippen LogP contribution is 2.10. The molecule has 1 aromatic heterocycles. The normalized spacial score (nSPS) is 12.6. The van der Waals surface area contributed by atoms with Gasteiger partial charge >= 0.3 is 0 Å². The number of oxime groups is 1. The zero-order chi connectivity index (χ0) is 15.4. The number of hydrazone groups is 1. The lowest BCUT2D eigenvalue weighted by Crippen LogP contribution is -2.23. The maximum atomic E-state index is 9.32. The average molecular weight is 294 g/mol. The van der Waals surface area contributed by atoms with Gasteiger partial charge in [0.2, 0.25) is 5.84 Å². The largest absolute Gasteiger partial charge is 0.409 e. The number of hydrogen-bond donors (Lipinski definition) is 2. The van der Waals surface area contributed by atoms with Crippen LogP contribution in [0.25, 0.3) is 11.0 Å². The molecule has 22 heavy (non-hydrogen) atoms. The van der Waals surface area contributed by atoms with Crippen LogP contribution in [0.3, 0.4) is 0 Å². The third-order valence-electron chi connectivity index (χ3n) is 3.10. The summed E-state index contributed by atoms with van der Waals surface area (Å²) >= 11 is 0. The Morgan fingerprint density at radius 1 is 1.09 bits per heavy atom.